The van der Waals surface area contributed by atoms with Crippen molar-refractivity contribution in [2.75, 3.05) is 6.61 Å². The molecule has 0 saturated carbocycles. The molecule has 1 nitrogen and oxygen atoms in total. The second-order valence-corrected chi connectivity index (χ2v) is 2.82. The van der Waals surface area contributed by atoms with Gasteiger partial charge in [-0.15, -0.1) is 0 Å². The lowest BCUT2D eigenvalue weighted by Gasteiger charge is -2.11. The maximum atomic E-state index is 5.15. The Morgan fingerprint density at radius 3 is 3.00 bits per heavy atom. The Labute approximate surface area is 56.7 Å². The molecule has 0 aromatic carbocycles. The van der Waals surface area contributed by atoms with E-state index in [0.29, 0.717) is 5.92 Å². The van der Waals surface area contributed by atoms with Crippen LogP contribution < -0.4 is 0 Å². The lowest BCUT2D eigenvalue weighted by molar-refractivity contribution is 0.232. The van der Waals surface area contributed by atoms with Crippen molar-refractivity contribution in [3.63, 3.8) is 0 Å². The third kappa shape index (κ3) is 1.74. The number of rotatable bonds is 0. The highest BCUT2D eigenvalue weighted by atomic mass is 16.5. The third-order valence-corrected chi connectivity index (χ3v) is 2.07. The second-order valence-electron chi connectivity index (χ2n) is 2.82. The van der Waals surface area contributed by atoms with Crippen LogP contribution in [0.2, 0.25) is 0 Å². The zero-order chi connectivity index (χ0) is 6.69. The molecule has 1 aliphatic rings. The van der Waals surface area contributed by atoms with Crippen LogP contribution in [0.15, 0.2) is 12.3 Å². The topological polar surface area (TPSA) is 9.23 Å². The van der Waals surface area contributed by atoms with Crippen LogP contribution in [0, 0.1) is 11.8 Å². The highest BCUT2D eigenvalue weighted by Gasteiger charge is 2.10. The smallest absolute Gasteiger partial charge is 0.0875 e. The molecule has 0 N–H and O–H groups in total. The van der Waals surface area contributed by atoms with Gasteiger partial charge in [-0.05, 0) is 24.3 Å². The fourth-order valence-corrected chi connectivity index (χ4v) is 0.954. The van der Waals surface area contributed by atoms with E-state index in [1.165, 1.54) is 6.42 Å². The average Bonchev–Trinajstić information content (AvgIpc) is 1.99. The Hall–Kier alpha value is -0.460. The quantitative estimate of drug-likeness (QED) is 0.483. The van der Waals surface area contributed by atoms with Crippen LogP contribution in [-0.2, 0) is 4.74 Å². The zero-order valence-electron chi connectivity index (χ0n) is 6.13. The molecule has 52 valence electrons. The van der Waals surface area contributed by atoms with Gasteiger partial charge in [-0.3, -0.25) is 0 Å². The minimum atomic E-state index is 0.687. The van der Waals surface area contributed by atoms with E-state index in [-0.39, 0.29) is 0 Å². The molecule has 0 amide bonds. The van der Waals surface area contributed by atoms with Crippen LogP contribution in [0.5, 0.6) is 0 Å². The summed E-state index contributed by atoms with van der Waals surface area (Å²) in [6.07, 6.45) is 5.15. The van der Waals surface area contributed by atoms with E-state index in [9.17, 15) is 0 Å². The van der Waals surface area contributed by atoms with Crippen molar-refractivity contribution in [3.8, 4) is 0 Å². The van der Waals surface area contributed by atoms with Gasteiger partial charge < -0.3 is 4.74 Å². The van der Waals surface area contributed by atoms with E-state index in [1.54, 1.807) is 0 Å². The van der Waals surface area contributed by atoms with Crippen LogP contribution in [0.4, 0.5) is 0 Å². The summed E-state index contributed by atoms with van der Waals surface area (Å²) < 4.78 is 5.15. The Morgan fingerprint density at radius 1 is 1.44 bits per heavy atom. The molecule has 0 spiro atoms. The van der Waals surface area contributed by atoms with Crippen molar-refractivity contribution in [2.45, 2.75) is 20.3 Å². The summed E-state index contributed by atoms with van der Waals surface area (Å²) in [5.41, 5.74) is 0. The van der Waals surface area contributed by atoms with E-state index in [0.717, 1.165) is 12.5 Å². The Balaban J connectivity index is 2.46. The van der Waals surface area contributed by atoms with Crippen molar-refractivity contribution in [2.24, 2.45) is 11.8 Å². The minimum Gasteiger partial charge on any atom is -0.502 e. The lowest BCUT2D eigenvalue weighted by atomic mass is 9.94. The van der Waals surface area contributed by atoms with E-state index in [4.69, 9.17) is 4.74 Å². The normalized spacial score (nSPS) is 35.3. The van der Waals surface area contributed by atoms with Crippen molar-refractivity contribution < 1.29 is 4.74 Å². The average molecular weight is 126 g/mol. The zero-order valence-corrected chi connectivity index (χ0v) is 6.13. The first-order chi connectivity index (χ1) is 4.30. The first kappa shape index (κ1) is 6.66. The molecule has 2 unspecified atom stereocenters. The summed E-state index contributed by atoms with van der Waals surface area (Å²) in [6.45, 7) is 5.39. The molecule has 9 heavy (non-hydrogen) atoms. The molecular formula is C8H14O. The van der Waals surface area contributed by atoms with Gasteiger partial charge in [0, 0.05) is 0 Å². The standard InChI is InChI=1S/C8H14O/c1-7-3-5-9-6-4-8(7)2/h3,5,7-8H,4,6H2,1-2H3. The molecule has 0 aliphatic carbocycles. The number of ether oxygens (including phenoxy) is 1. The molecule has 2 atom stereocenters. The lowest BCUT2D eigenvalue weighted by Crippen LogP contribution is -2.04. The predicted molar refractivity (Wildman–Crippen MR) is 38.0 cm³/mol. The van der Waals surface area contributed by atoms with Crippen molar-refractivity contribution in [1.82, 2.24) is 0 Å². The molecular weight excluding hydrogens is 112 g/mol. The summed E-state index contributed by atoms with van der Waals surface area (Å²) in [6, 6.07) is 0. The van der Waals surface area contributed by atoms with Crippen molar-refractivity contribution in [3.05, 3.63) is 12.3 Å². The summed E-state index contributed by atoms with van der Waals surface area (Å²) >= 11 is 0. The maximum absolute atomic E-state index is 5.15. The minimum absolute atomic E-state index is 0.687. The van der Waals surface area contributed by atoms with Crippen LogP contribution in [-0.4, -0.2) is 6.61 Å². The molecule has 0 saturated heterocycles. The van der Waals surface area contributed by atoms with E-state index in [2.05, 4.69) is 19.9 Å². The van der Waals surface area contributed by atoms with Crippen LogP contribution in [0.25, 0.3) is 0 Å². The Bertz CT molecular complexity index is 107. The first-order valence-electron chi connectivity index (χ1n) is 3.59. The summed E-state index contributed by atoms with van der Waals surface area (Å²) in [5.74, 6) is 1.47. The summed E-state index contributed by atoms with van der Waals surface area (Å²) in [4.78, 5) is 0. The Morgan fingerprint density at radius 2 is 2.22 bits per heavy atom. The van der Waals surface area contributed by atoms with Gasteiger partial charge in [0.1, 0.15) is 0 Å². The fraction of sp³-hybridized carbons (Fsp3) is 0.750. The van der Waals surface area contributed by atoms with Gasteiger partial charge in [-0.25, -0.2) is 0 Å². The van der Waals surface area contributed by atoms with Gasteiger partial charge in [0.15, 0.2) is 0 Å². The van der Waals surface area contributed by atoms with Gasteiger partial charge >= 0.3 is 0 Å². The van der Waals surface area contributed by atoms with E-state index >= 15 is 0 Å². The molecule has 1 aliphatic heterocycles. The van der Waals surface area contributed by atoms with Crippen LogP contribution >= 0.6 is 0 Å². The number of allylic oxidation sites excluding steroid dienone is 1. The Kier molecular flexibility index (Phi) is 2.15. The summed E-state index contributed by atoms with van der Waals surface area (Å²) in [5, 5.41) is 0. The monoisotopic (exact) mass is 126 g/mol. The molecule has 1 heteroatoms. The van der Waals surface area contributed by atoms with Crippen LogP contribution in [0.1, 0.15) is 20.3 Å². The molecule has 0 radical (unpaired) electrons. The third-order valence-electron chi connectivity index (χ3n) is 2.07. The number of hydrogen-bond acceptors (Lipinski definition) is 1. The van der Waals surface area contributed by atoms with Gasteiger partial charge in [0.2, 0.25) is 0 Å². The molecule has 1 heterocycles. The summed E-state index contributed by atoms with van der Waals surface area (Å²) in [7, 11) is 0. The number of hydrogen-bond donors (Lipinski definition) is 0. The van der Waals surface area contributed by atoms with E-state index in [1.807, 2.05) is 6.26 Å². The maximum Gasteiger partial charge on any atom is 0.0875 e. The van der Waals surface area contributed by atoms with Gasteiger partial charge in [0.05, 0.1) is 12.9 Å². The predicted octanol–water partition coefficient (Wildman–Crippen LogP) is 2.19. The molecule has 0 aromatic rings. The van der Waals surface area contributed by atoms with E-state index < -0.39 is 0 Å². The highest BCUT2D eigenvalue weighted by molar-refractivity contribution is 4.85. The van der Waals surface area contributed by atoms with Crippen molar-refractivity contribution >= 4 is 0 Å². The SMILES string of the molecule is CC1C=COCCC1C. The first-order valence-corrected chi connectivity index (χ1v) is 3.59. The molecule has 0 bridgehead atoms. The van der Waals surface area contributed by atoms with Crippen LogP contribution in [0.3, 0.4) is 0 Å². The van der Waals surface area contributed by atoms with Crippen molar-refractivity contribution in [1.29, 1.82) is 0 Å². The molecule has 0 aromatic heterocycles. The van der Waals surface area contributed by atoms with Gasteiger partial charge in [-0.2, -0.15) is 0 Å². The highest BCUT2D eigenvalue weighted by Crippen LogP contribution is 2.18. The van der Waals surface area contributed by atoms with Gasteiger partial charge in [0.25, 0.3) is 0 Å². The van der Waals surface area contributed by atoms with Gasteiger partial charge in [-0.1, -0.05) is 13.8 Å². The molecule has 0 fully saturated rings. The largest absolute Gasteiger partial charge is 0.502 e. The fourth-order valence-electron chi connectivity index (χ4n) is 0.954. The second kappa shape index (κ2) is 2.90. The molecule has 1 rings (SSSR count).